The number of rotatable bonds is 8. The van der Waals surface area contributed by atoms with Crippen molar-refractivity contribution in [1.82, 2.24) is 19.5 Å². The molecule has 258 valence electrons. The topological polar surface area (TPSA) is 43.6 Å². The van der Waals surface area contributed by atoms with Gasteiger partial charge in [-0.1, -0.05) is 135 Å². The van der Waals surface area contributed by atoms with Gasteiger partial charge in [0.15, 0.2) is 17.5 Å². The van der Waals surface area contributed by atoms with E-state index in [1.807, 2.05) is 29.5 Å². The van der Waals surface area contributed by atoms with Crippen LogP contribution in [0.4, 0.5) is 0 Å². The van der Waals surface area contributed by atoms with E-state index in [9.17, 15) is 0 Å². The van der Waals surface area contributed by atoms with E-state index in [0.29, 0.717) is 17.5 Å². The number of nitrogens with zero attached hydrogens (tertiary/aromatic N) is 4. The Hall–Kier alpha value is -6.43. The van der Waals surface area contributed by atoms with Crippen LogP contribution in [0.5, 0.6) is 0 Å². The average Bonchev–Trinajstić information content (AvgIpc) is 3.79. The smallest absolute Gasteiger partial charge is 0.164 e. The van der Waals surface area contributed by atoms with E-state index < -0.39 is 0 Å². The number of hydrogen-bond acceptors (Lipinski definition) is 4. The van der Waals surface area contributed by atoms with Crippen molar-refractivity contribution in [3.8, 4) is 51.0 Å². The van der Waals surface area contributed by atoms with Crippen LogP contribution in [0.2, 0.25) is 0 Å². The van der Waals surface area contributed by atoms with E-state index in [0.717, 1.165) is 28.8 Å². The van der Waals surface area contributed by atoms with E-state index in [2.05, 4.69) is 157 Å². The summed E-state index contributed by atoms with van der Waals surface area (Å²) in [5.74, 6) is 1.95. The van der Waals surface area contributed by atoms with Crippen LogP contribution < -0.4 is 0 Å². The molecule has 10 aromatic rings. The first kappa shape index (κ1) is 32.2. The third kappa shape index (κ3) is 5.65. The summed E-state index contributed by atoms with van der Waals surface area (Å²) < 4.78 is 5.02. The minimum absolute atomic E-state index is 0.644. The Morgan fingerprint density at radius 3 is 1.70 bits per heavy atom. The fraction of sp³-hybridized carbons (Fsp3) is 0.0816. The predicted molar refractivity (Wildman–Crippen MR) is 227 cm³/mol. The zero-order chi connectivity index (χ0) is 36.0. The van der Waals surface area contributed by atoms with Gasteiger partial charge >= 0.3 is 0 Å². The fourth-order valence-corrected chi connectivity index (χ4v) is 8.81. The van der Waals surface area contributed by atoms with Gasteiger partial charge in [-0.25, -0.2) is 15.0 Å². The summed E-state index contributed by atoms with van der Waals surface area (Å²) in [5.41, 5.74) is 10.1. The number of para-hydroxylation sites is 1. The van der Waals surface area contributed by atoms with Crippen molar-refractivity contribution in [2.45, 2.75) is 26.2 Å². The summed E-state index contributed by atoms with van der Waals surface area (Å²) in [5, 5.41) is 5.11. The molecule has 0 aliphatic carbocycles. The molecular weight excluding hydrogens is 677 g/mol. The summed E-state index contributed by atoms with van der Waals surface area (Å²) in [6.07, 6.45) is 3.55. The minimum Gasteiger partial charge on any atom is -0.309 e. The molecule has 0 saturated heterocycles. The summed E-state index contributed by atoms with van der Waals surface area (Å²) >= 11 is 1.86. The van der Waals surface area contributed by atoms with Crippen molar-refractivity contribution in [3.05, 3.63) is 169 Å². The second-order valence-corrected chi connectivity index (χ2v) is 15.0. The molecule has 0 aliphatic rings. The van der Waals surface area contributed by atoms with Gasteiger partial charge in [-0.2, -0.15) is 0 Å². The number of aromatic nitrogens is 4. The molecule has 0 unspecified atom stereocenters. The van der Waals surface area contributed by atoms with Crippen molar-refractivity contribution in [2.24, 2.45) is 0 Å². The molecule has 0 aliphatic heterocycles. The van der Waals surface area contributed by atoms with Gasteiger partial charge in [-0.05, 0) is 72.0 Å². The molecule has 10 rings (SSSR count). The predicted octanol–water partition coefficient (Wildman–Crippen LogP) is 13.3. The molecule has 4 nitrogen and oxygen atoms in total. The highest BCUT2D eigenvalue weighted by Crippen LogP contribution is 2.43. The number of hydrogen-bond donors (Lipinski definition) is 0. The Bertz CT molecular complexity index is 2940. The van der Waals surface area contributed by atoms with Crippen LogP contribution in [0, 0.1) is 0 Å². The molecule has 3 heterocycles. The van der Waals surface area contributed by atoms with E-state index in [1.165, 1.54) is 71.5 Å². The fourth-order valence-electron chi connectivity index (χ4n) is 7.70. The monoisotopic (exact) mass is 712 g/mol. The molecule has 0 bridgehead atoms. The second-order valence-electron chi connectivity index (χ2n) is 13.9. The quantitative estimate of drug-likeness (QED) is 0.158. The van der Waals surface area contributed by atoms with Crippen molar-refractivity contribution in [1.29, 1.82) is 0 Å². The highest BCUT2D eigenvalue weighted by molar-refractivity contribution is 7.26. The van der Waals surface area contributed by atoms with Gasteiger partial charge in [0.1, 0.15) is 0 Å². The maximum absolute atomic E-state index is 5.07. The van der Waals surface area contributed by atoms with Crippen molar-refractivity contribution in [2.75, 3.05) is 0 Å². The van der Waals surface area contributed by atoms with Crippen LogP contribution in [0.1, 0.15) is 25.3 Å². The molecule has 0 amide bonds. The van der Waals surface area contributed by atoms with Crippen LogP contribution in [0.25, 0.3) is 93.0 Å². The lowest BCUT2D eigenvalue weighted by Crippen LogP contribution is -2.00. The lowest BCUT2D eigenvalue weighted by atomic mass is 10.0. The van der Waals surface area contributed by atoms with Gasteiger partial charge in [0.2, 0.25) is 0 Å². The number of benzene rings is 7. The van der Waals surface area contributed by atoms with Crippen LogP contribution in [-0.4, -0.2) is 19.5 Å². The summed E-state index contributed by atoms with van der Waals surface area (Å²) in [7, 11) is 0. The number of unbranched alkanes of at least 4 members (excludes halogenated alkanes) is 1. The molecular formula is C49H36N4S. The van der Waals surface area contributed by atoms with Gasteiger partial charge < -0.3 is 4.57 Å². The highest BCUT2D eigenvalue weighted by atomic mass is 32.1. The first-order chi connectivity index (χ1) is 26.7. The third-order valence-corrected chi connectivity index (χ3v) is 11.6. The van der Waals surface area contributed by atoms with Crippen LogP contribution in [0.15, 0.2) is 164 Å². The Balaban J connectivity index is 1.06. The van der Waals surface area contributed by atoms with E-state index >= 15 is 0 Å². The first-order valence-corrected chi connectivity index (χ1v) is 19.5. The SMILES string of the molecule is CCCCc1ccc(-c2ccc(-c3nc(-c4ccccc4)nc(-c4ccc(-n5c6ccccc6c6ccc7sc8ccccc8c7c65)cc4)n3)cc2)cc1. The maximum atomic E-state index is 5.07. The molecule has 0 N–H and O–H groups in total. The average molecular weight is 713 g/mol. The largest absolute Gasteiger partial charge is 0.309 e. The Kier molecular flexibility index (Phi) is 8.07. The van der Waals surface area contributed by atoms with Gasteiger partial charge in [0.25, 0.3) is 0 Å². The Labute approximate surface area is 318 Å². The van der Waals surface area contributed by atoms with Gasteiger partial charge in [0.05, 0.1) is 11.0 Å². The van der Waals surface area contributed by atoms with Gasteiger partial charge in [0, 0.05) is 53.3 Å². The van der Waals surface area contributed by atoms with E-state index in [1.54, 1.807) is 0 Å². The van der Waals surface area contributed by atoms with E-state index in [-0.39, 0.29) is 0 Å². The molecule has 0 saturated carbocycles. The lowest BCUT2D eigenvalue weighted by Gasteiger charge is -2.11. The number of aryl methyl sites for hydroxylation is 1. The molecule has 54 heavy (non-hydrogen) atoms. The first-order valence-electron chi connectivity index (χ1n) is 18.7. The Morgan fingerprint density at radius 1 is 0.463 bits per heavy atom. The molecule has 0 atom stereocenters. The van der Waals surface area contributed by atoms with E-state index in [4.69, 9.17) is 15.0 Å². The summed E-state index contributed by atoms with van der Waals surface area (Å²) in [6.45, 7) is 2.24. The van der Waals surface area contributed by atoms with Crippen molar-refractivity contribution in [3.63, 3.8) is 0 Å². The number of fused-ring (bicyclic) bond motifs is 7. The molecule has 7 aromatic carbocycles. The molecule has 3 aromatic heterocycles. The second kappa shape index (κ2) is 13.5. The zero-order valence-electron chi connectivity index (χ0n) is 29.9. The highest BCUT2D eigenvalue weighted by Gasteiger charge is 2.19. The van der Waals surface area contributed by atoms with Gasteiger partial charge in [-0.3, -0.25) is 0 Å². The Morgan fingerprint density at radius 2 is 1.02 bits per heavy atom. The normalized spacial score (nSPS) is 11.6. The number of thiophene rings is 1. The molecule has 5 heteroatoms. The third-order valence-electron chi connectivity index (χ3n) is 10.5. The standard InChI is InChI=1S/C49H36N4S/c1-2-3-11-32-18-20-33(21-19-32)34-22-24-36(25-23-34)48-50-47(35-12-5-4-6-13-35)51-49(52-48)37-26-28-38(29-27-37)53-42-16-9-7-14-39(42)40-30-31-44-45(46(40)53)41-15-8-10-17-43(41)54-44/h4-10,12-31H,2-3,11H2,1H3. The van der Waals surface area contributed by atoms with Gasteiger partial charge in [-0.15, -0.1) is 11.3 Å². The molecule has 0 radical (unpaired) electrons. The van der Waals surface area contributed by atoms with Crippen LogP contribution >= 0.6 is 11.3 Å². The van der Waals surface area contributed by atoms with Crippen LogP contribution in [0.3, 0.4) is 0 Å². The maximum Gasteiger partial charge on any atom is 0.164 e. The molecule has 0 spiro atoms. The minimum atomic E-state index is 0.644. The zero-order valence-corrected chi connectivity index (χ0v) is 30.7. The summed E-state index contributed by atoms with van der Waals surface area (Å²) in [6, 6.07) is 58.4. The molecule has 0 fully saturated rings. The van der Waals surface area contributed by atoms with Crippen LogP contribution in [-0.2, 0) is 6.42 Å². The van der Waals surface area contributed by atoms with Crippen molar-refractivity contribution >= 4 is 53.3 Å². The summed E-state index contributed by atoms with van der Waals surface area (Å²) in [4.78, 5) is 15.1. The lowest BCUT2D eigenvalue weighted by molar-refractivity contribution is 0.795. The van der Waals surface area contributed by atoms with Crippen molar-refractivity contribution < 1.29 is 0 Å².